The third-order valence-electron chi connectivity index (χ3n) is 3.73. The Labute approximate surface area is 119 Å². The van der Waals surface area contributed by atoms with Crippen molar-refractivity contribution in [1.82, 2.24) is 4.90 Å². The molecule has 2 atom stereocenters. The summed E-state index contributed by atoms with van der Waals surface area (Å²) in [6.45, 7) is 2.19. The number of hydrogen-bond acceptors (Lipinski definition) is 2. The fraction of sp³-hybridized carbons (Fsp3) is 0.600. The molecule has 0 radical (unpaired) electrons. The number of rotatable bonds is 4. The molecule has 1 aliphatic rings. The molecule has 2 nitrogen and oxygen atoms in total. The van der Waals surface area contributed by atoms with Gasteiger partial charge < -0.3 is 10.6 Å². The zero-order valence-corrected chi connectivity index (χ0v) is 12.7. The molecule has 2 rings (SSSR count). The van der Waals surface area contributed by atoms with Crippen LogP contribution in [0.1, 0.15) is 31.2 Å². The summed E-state index contributed by atoms with van der Waals surface area (Å²) in [5, 5.41) is 0. The SMILES string of the molecule is CN(Cc1cccc(Br)c1)CC1CCCC(N)C1. The lowest BCUT2D eigenvalue weighted by Gasteiger charge is -2.30. The highest BCUT2D eigenvalue weighted by molar-refractivity contribution is 9.10. The van der Waals surface area contributed by atoms with Gasteiger partial charge in [-0.2, -0.15) is 0 Å². The van der Waals surface area contributed by atoms with Gasteiger partial charge in [-0.15, -0.1) is 0 Å². The first-order valence-electron chi connectivity index (χ1n) is 6.82. The molecule has 0 bridgehead atoms. The molecule has 100 valence electrons. The van der Waals surface area contributed by atoms with E-state index in [9.17, 15) is 0 Å². The average molecular weight is 311 g/mol. The number of benzene rings is 1. The Balaban J connectivity index is 1.82. The molecule has 1 aromatic rings. The van der Waals surface area contributed by atoms with Crippen molar-refractivity contribution < 1.29 is 0 Å². The van der Waals surface area contributed by atoms with Gasteiger partial charge in [-0.3, -0.25) is 0 Å². The van der Waals surface area contributed by atoms with E-state index in [4.69, 9.17) is 5.73 Å². The van der Waals surface area contributed by atoms with Gasteiger partial charge >= 0.3 is 0 Å². The molecular formula is C15H23BrN2. The zero-order chi connectivity index (χ0) is 13.0. The molecule has 1 aliphatic carbocycles. The fourth-order valence-corrected chi connectivity index (χ4v) is 3.40. The number of nitrogens with two attached hydrogens (primary N) is 1. The van der Waals surface area contributed by atoms with Crippen molar-refractivity contribution in [3.8, 4) is 0 Å². The van der Waals surface area contributed by atoms with Crippen LogP contribution in [0.2, 0.25) is 0 Å². The number of halogens is 1. The van der Waals surface area contributed by atoms with Gasteiger partial charge in [-0.1, -0.05) is 34.5 Å². The van der Waals surface area contributed by atoms with Gasteiger partial charge in [0.05, 0.1) is 0 Å². The zero-order valence-electron chi connectivity index (χ0n) is 11.1. The minimum Gasteiger partial charge on any atom is -0.328 e. The van der Waals surface area contributed by atoms with Crippen molar-refractivity contribution in [3.05, 3.63) is 34.3 Å². The molecule has 0 saturated heterocycles. The maximum absolute atomic E-state index is 6.05. The lowest BCUT2D eigenvalue weighted by Crippen LogP contribution is -2.34. The summed E-state index contributed by atoms with van der Waals surface area (Å²) >= 11 is 3.52. The van der Waals surface area contributed by atoms with Gasteiger partial charge in [0.25, 0.3) is 0 Å². The van der Waals surface area contributed by atoms with Gasteiger partial charge in [0.2, 0.25) is 0 Å². The Morgan fingerprint density at radius 2 is 2.22 bits per heavy atom. The molecule has 1 fully saturated rings. The predicted molar refractivity (Wildman–Crippen MR) is 80.4 cm³/mol. The van der Waals surface area contributed by atoms with Crippen molar-refractivity contribution in [2.75, 3.05) is 13.6 Å². The van der Waals surface area contributed by atoms with Crippen LogP contribution in [0.5, 0.6) is 0 Å². The van der Waals surface area contributed by atoms with Crippen LogP contribution in [0.3, 0.4) is 0 Å². The average Bonchev–Trinajstić information content (AvgIpc) is 2.28. The first-order chi connectivity index (χ1) is 8.63. The van der Waals surface area contributed by atoms with Crippen LogP contribution in [-0.4, -0.2) is 24.5 Å². The lowest BCUT2D eigenvalue weighted by atomic mass is 9.86. The Morgan fingerprint density at radius 3 is 2.94 bits per heavy atom. The van der Waals surface area contributed by atoms with Gasteiger partial charge in [0, 0.05) is 23.6 Å². The molecule has 2 unspecified atom stereocenters. The Bertz CT molecular complexity index is 381. The van der Waals surface area contributed by atoms with E-state index in [-0.39, 0.29) is 0 Å². The van der Waals surface area contributed by atoms with Crippen LogP contribution in [0.4, 0.5) is 0 Å². The van der Waals surface area contributed by atoms with Crippen LogP contribution in [0.25, 0.3) is 0 Å². The van der Waals surface area contributed by atoms with E-state index in [1.54, 1.807) is 0 Å². The summed E-state index contributed by atoms with van der Waals surface area (Å²) in [6.07, 6.45) is 5.06. The summed E-state index contributed by atoms with van der Waals surface area (Å²) in [4.78, 5) is 2.42. The largest absolute Gasteiger partial charge is 0.328 e. The topological polar surface area (TPSA) is 29.3 Å². The third-order valence-corrected chi connectivity index (χ3v) is 4.23. The van der Waals surface area contributed by atoms with Crippen molar-refractivity contribution in [3.63, 3.8) is 0 Å². The van der Waals surface area contributed by atoms with E-state index in [0.29, 0.717) is 6.04 Å². The molecule has 0 aromatic heterocycles. The maximum atomic E-state index is 6.05. The van der Waals surface area contributed by atoms with Crippen molar-refractivity contribution >= 4 is 15.9 Å². The van der Waals surface area contributed by atoms with E-state index < -0.39 is 0 Å². The number of nitrogens with zero attached hydrogens (tertiary/aromatic N) is 1. The van der Waals surface area contributed by atoms with Crippen LogP contribution in [0.15, 0.2) is 28.7 Å². The Morgan fingerprint density at radius 1 is 1.39 bits per heavy atom. The molecule has 0 amide bonds. The first kappa shape index (κ1) is 14.0. The molecule has 0 spiro atoms. The summed E-state index contributed by atoms with van der Waals surface area (Å²) in [6, 6.07) is 8.99. The van der Waals surface area contributed by atoms with Crippen molar-refractivity contribution in [2.24, 2.45) is 11.7 Å². The second kappa shape index (κ2) is 6.69. The van der Waals surface area contributed by atoms with Crippen molar-refractivity contribution in [1.29, 1.82) is 0 Å². The minimum absolute atomic E-state index is 0.433. The van der Waals surface area contributed by atoms with Crippen LogP contribution in [0, 0.1) is 5.92 Å². The van der Waals surface area contributed by atoms with Crippen LogP contribution in [-0.2, 0) is 6.54 Å². The number of hydrogen-bond donors (Lipinski definition) is 1. The second-order valence-electron chi connectivity index (χ2n) is 5.62. The van der Waals surface area contributed by atoms with Gasteiger partial charge in [0.1, 0.15) is 0 Å². The molecular weight excluding hydrogens is 288 g/mol. The molecule has 18 heavy (non-hydrogen) atoms. The summed E-state index contributed by atoms with van der Waals surface area (Å²) in [7, 11) is 2.21. The van der Waals surface area contributed by atoms with Gasteiger partial charge in [0.15, 0.2) is 0 Å². The van der Waals surface area contributed by atoms with E-state index >= 15 is 0 Å². The Kier molecular flexibility index (Phi) is 5.22. The summed E-state index contributed by atoms with van der Waals surface area (Å²) in [5.41, 5.74) is 7.42. The first-order valence-corrected chi connectivity index (χ1v) is 7.61. The highest BCUT2D eigenvalue weighted by Crippen LogP contribution is 2.24. The monoisotopic (exact) mass is 310 g/mol. The highest BCUT2D eigenvalue weighted by Gasteiger charge is 2.20. The van der Waals surface area contributed by atoms with Gasteiger partial charge in [-0.25, -0.2) is 0 Å². The van der Waals surface area contributed by atoms with E-state index in [1.807, 2.05) is 0 Å². The lowest BCUT2D eigenvalue weighted by molar-refractivity contribution is 0.216. The van der Waals surface area contributed by atoms with Crippen LogP contribution < -0.4 is 5.73 Å². The van der Waals surface area contributed by atoms with Crippen LogP contribution >= 0.6 is 15.9 Å². The molecule has 0 heterocycles. The summed E-state index contributed by atoms with van der Waals surface area (Å²) in [5.74, 6) is 0.783. The highest BCUT2D eigenvalue weighted by atomic mass is 79.9. The van der Waals surface area contributed by atoms with E-state index in [2.05, 4.69) is 52.1 Å². The van der Waals surface area contributed by atoms with E-state index in [1.165, 1.54) is 37.8 Å². The standard InChI is InChI=1S/C15H23BrN2/c1-18(10-12-4-2-6-14(16)8-12)11-13-5-3-7-15(17)9-13/h2,4,6,8,13,15H,3,5,7,9-11,17H2,1H3. The summed E-state index contributed by atoms with van der Waals surface area (Å²) < 4.78 is 1.16. The molecule has 1 saturated carbocycles. The van der Waals surface area contributed by atoms with Crippen molar-refractivity contribution in [2.45, 2.75) is 38.3 Å². The second-order valence-corrected chi connectivity index (χ2v) is 6.54. The molecule has 2 N–H and O–H groups in total. The predicted octanol–water partition coefficient (Wildman–Crippen LogP) is 3.40. The normalized spacial score (nSPS) is 24.4. The fourth-order valence-electron chi connectivity index (χ4n) is 2.95. The van der Waals surface area contributed by atoms with E-state index in [0.717, 1.165) is 16.9 Å². The minimum atomic E-state index is 0.433. The van der Waals surface area contributed by atoms with Gasteiger partial charge in [-0.05, 0) is 49.9 Å². The molecule has 0 aliphatic heterocycles. The molecule has 3 heteroatoms. The molecule has 1 aromatic carbocycles. The quantitative estimate of drug-likeness (QED) is 0.923. The maximum Gasteiger partial charge on any atom is 0.0231 e. The Hall–Kier alpha value is -0.380. The smallest absolute Gasteiger partial charge is 0.0231 e. The third kappa shape index (κ3) is 4.38.